The molecule has 1 N–H and O–H groups in total. The Morgan fingerprint density at radius 2 is 1.83 bits per heavy atom. The van der Waals surface area contributed by atoms with Crippen molar-refractivity contribution in [1.29, 1.82) is 0 Å². The molecule has 0 spiro atoms. The first-order valence-corrected chi connectivity index (χ1v) is 8.69. The lowest BCUT2D eigenvalue weighted by molar-refractivity contribution is -0.137. The van der Waals surface area contributed by atoms with Gasteiger partial charge >= 0.3 is 0 Å². The van der Waals surface area contributed by atoms with E-state index < -0.39 is 6.04 Å². The first-order valence-electron chi connectivity index (χ1n) is 7.90. The molecule has 1 atom stereocenters. The second-order valence-electron chi connectivity index (χ2n) is 6.10. The third kappa shape index (κ3) is 5.32. The van der Waals surface area contributed by atoms with Crippen LogP contribution in [0.2, 0.25) is 0 Å². The van der Waals surface area contributed by atoms with Crippen LogP contribution in [0.15, 0.2) is 28.7 Å². The van der Waals surface area contributed by atoms with Gasteiger partial charge in [0.2, 0.25) is 5.91 Å². The van der Waals surface area contributed by atoms with Gasteiger partial charge in [-0.2, -0.15) is 0 Å². The number of nitrogens with zero attached hydrogens (tertiary/aromatic N) is 1. The fourth-order valence-corrected chi connectivity index (χ4v) is 2.80. The number of carbonyl (C=O) groups excluding carboxylic acids is 2. The molecule has 0 aromatic heterocycles. The summed E-state index contributed by atoms with van der Waals surface area (Å²) in [6, 6.07) is 6.62. The number of morpholine rings is 1. The minimum absolute atomic E-state index is 0.0209. The Hall–Kier alpha value is -1.40. The molecule has 126 valence electrons. The highest BCUT2D eigenvalue weighted by atomic mass is 79.9. The molecule has 23 heavy (non-hydrogen) atoms. The van der Waals surface area contributed by atoms with Gasteiger partial charge in [-0.05, 0) is 36.6 Å². The number of nitrogens with one attached hydrogen (secondary N) is 1. The van der Waals surface area contributed by atoms with Crippen molar-refractivity contribution in [3.05, 3.63) is 34.3 Å². The summed E-state index contributed by atoms with van der Waals surface area (Å²) in [5, 5.41) is 2.89. The molecule has 1 aromatic carbocycles. The van der Waals surface area contributed by atoms with Crippen LogP contribution in [0.5, 0.6) is 0 Å². The first kappa shape index (κ1) is 17.9. The molecule has 0 unspecified atom stereocenters. The van der Waals surface area contributed by atoms with Crippen LogP contribution in [0.25, 0.3) is 0 Å². The molecule has 6 heteroatoms. The molecule has 0 aliphatic carbocycles. The van der Waals surface area contributed by atoms with Gasteiger partial charge in [0.15, 0.2) is 0 Å². The van der Waals surface area contributed by atoms with Crippen molar-refractivity contribution in [1.82, 2.24) is 10.2 Å². The molecule has 1 aliphatic heterocycles. The average molecular weight is 383 g/mol. The van der Waals surface area contributed by atoms with Gasteiger partial charge in [-0.3, -0.25) is 9.59 Å². The summed E-state index contributed by atoms with van der Waals surface area (Å²) in [4.78, 5) is 26.9. The molecule has 1 saturated heterocycles. The Balaban J connectivity index is 2.06. The predicted molar refractivity (Wildman–Crippen MR) is 92.3 cm³/mol. The highest BCUT2D eigenvalue weighted by Gasteiger charge is 2.28. The highest BCUT2D eigenvalue weighted by molar-refractivity contribution is 9.10. The number of amides is 2. The minimum Gasteiger partial charge on any atom is -0.378 e. The monoisotopic (exact) mass is 382 g/mol. The Morgan fingerprint density at radius 3 is 2.39 bits per heavy atom. The number of rotatable bonds is 5. The SMILES string of the molecule is CC(C)C[C@@H](NC(=O)c1ccc(Br)cc1)C(=O)N1CCOCC1. The van der Waals surface area contributed by atoms with Crippen LogP contribution in [0.3, 0.4) is 0 Å². The molecule has 0 radical (unpaired) electrons. The van der Waals surface area contributed by atoms with E-state index in [2.05, 4.69) is 21.2 Å². The summed E-state index contributed by atoms with van der Waals surface area (Å²) in [5.41, 5.74) is 0.553. The lowest BCUT2D eigenvalue weighted by Gasteiger charge is -2.31. The van der Waals surface area contributed by atoms with Crippen LogP contribution in [0, 0.1) is 5.92 Å². The smallest absolute Gasteiger partial charge is 0.251 e. The number of ether oxygens (including phenoxy) is 1. The molecule has 1 aromatic rings. The maximum atomic E-state index is 12.7. The van der Waals surface area contributed by atoms with Crippen LogP contribution in [0.1, 0.15) is 30.6 Å². The molecular formula is C17H23BrN2O3. The Bertz CT molecular complexity index is 539. The molecule has 2 amide bonds. The van der Waals surface area contributed by atoms with E-state index in [9.17, 15) is 9.59 Å². The normalized spacial score (nSPS) is 16.3. The average Bonchev–Trinajstić information content (AvgIpc) is 2.54. The summed E-state index contributed by atoms with van der Waals surface area (Å²) < 4.78 is 6.20. The van der Waals surface area contributed by atoms with Gasteiger partial charge < -0.3 is 15.0 Å². The third-order valence-corrected chi connectivity index (χ3v) is 4.27. The van der Waals surface area contributed by atoms with Gasteiger partial charge in [0.1, 0.15) is 6.04 Å². The topological polar surface area (TPSA) is 58.6 Å². The maximum absolute atomic E-state index is 12.7. The lowest BCUT2D eigenvalue weighted by atomic mass is 10.0. The fourth-order valence-electron chi connectivity index (χ4n) is 2.54. The third-order valence-electron chi connectivity index (χ3n) is 3.74. The summed E-state index contributed by atoms with van der Waals surface area (Å²) in [6.45, 7) is 6.38. The largest absolute Gasteiger partial charge is 0.378 e. The molecule has 0 saturated carbocycles. The molecule has 2 rings (SSSR count). The van der Waals surface area contributed by atoms with Crippen molar-refractivity contribution in [3.8, 4) is 0 Å². The summed E-state index contributed by atoms with van der Waals surface area (Å²) in [7, 11) is 0. The minimum atomic E-state index is -0.496. The van der Waals surface area contributed by atoms with Gasteiger partial charge in [-0.25, -0.2) is 0 Å². The van der Waals surface area contributed by atoms with Crippen LogP contribution in [0.4, 0.5) is 0 Å². The Labute approximate surface area is 145 Å². The van der Waals surface area contributed by atoms with E-state index in [1.165, 1.54) is 0 Å². The van der Waals surface area contributed by atoms with E-state index >= 15 is 0 Å². The van der Waals surface area contributed by atoms with Gasteiger partial charge in [0, 0.05) is 23.1 Å². The second-order valence-corrected chi connectivity index (χ2v) is 7.02. The van der Waals surface area contributed by atoms with E-state index in [1.807, 2.05) is 26.0 Å². The number of benzene rings is 1. The molecule has 1 heterocycles. The van der Waals surface area contributed by atoms with Crippen molar-refractivity contribution in [2.24, 2.45) is 5.92 Å². The molecule has 1 fully saturated rings. The van der Waals surface area contributed by atoms with Crippen molar-refractivity contribution in [2.75, 3.05) is 26.3 Å². The van der Waals surface area contributed by atoms with Crippen molar-refractivity contribution >= 4 is 27.7 Å². The summed E-state index contributed by atoms with van der Waals surface area (Å²) >= 11 is 3.35. The number of hydrogen-bond acceptors (Lipinski definition) is 3. The van der Waals surface area contributed by atoms with E-state index in [0.717, 1.165) is 4.47 Å². The molecule has 5 nitrogen and oxygen atoms in total. The van der Waals surface area contributed by atoms with Gasteiger partial charge in [-0.1, -0.05) is 29.8 Å². The summed E-state index contributed by atoms with van der Waals surface area (Å²) in [5.74, 6) is 0.0763. The number of halogens is 1. The van der Waals surface area contributed by atoms with Crippen molar-refractivity contribution in [3.63, 3.8) is 0 Å². The van der Waals surface area contributed by atoms with Crippen molar-refractivity contribution < 1.29 is 14.3 Å². The Morgan fingerprint density at radius 1 is 1.22 bits per heavy atom. The molecule has 1 aliphatic rings. The second kappa shape index (κ2) is 8.45. The van der Waals surface area contributed by atoms with Crippen molar-refractivity contribution in [2.45, 2.75) is 26.3 Å². The van der Waals surface area contributed by atoms with E-state index in [1.54, 1.807) is 17.0 Å². The van der Waals surface area contributed by atoms with Gasteiger partial charge in [0.25, 0.3) is 5.91 Å². The lowest BCUT2D eigenvalue weighted by Crippen LogP contribution is -2.52. The fraction of sp³-hybridized carbons (Fsp3) is 0.529. The molecular weight excluding hydrogens is 360 g/mol. The van der Waals surface area contributed by atoms with Crippen LogP contribution < -0.4 is 5.32 Å². The number of carbonyl (C=O) groups is 2. The zero-order valence-electron chi connectivity index (χ0n) is 13.5. The van der Waals surface area contributed by atoms with Crippen LogP contribution >= 0.6 is 15.9 Å². The van der Waals surface area contributed by atoms with E-state index in [0.29, 0.717) is 44.2 Å². The predicted octanol–water partition coefficient (Wildman–Crippen LogP) is 2.45. The maximum Gasteiger partial charge on any atom is 0.251 e. The molecule has 0 bridgehead atoms. The highest BCUT2D eigenvalue weighted by Crippen LogP contribution is 2.13. The summed E-state index contributed by atoms with van der Waals surface area (Å²) in [6.07, 6.45) is 0.623. The van der Waals surface area contributed by atoms with Crippen LogP contribution in [-0.4, -0.2) is 49.1 Å². The first-order chi connectivity index (χ1) is 11.0. The van der Waals surface area contributed by atoms with E-state index in [4.69, 9.17) is 4.74 Å². The van der Waals surface area contributed by atoms with E-state index in [-0.39, 0.29) is 11.8 Å². The van der Waals surface area contributed by atoms with Gasteiger partial charge in [0.05, 0.1) is 13.2 Å². The van der Waals surface area contributed by atoms with Gasteiger partial charge in [-0.15, -0.1) is 0 Å². The zero-order chi connectivity index (χ0) is 16.8. The van der Waals surface area contributed by atoms with Crippen LogP contribution in [-0.2, 0) is 9.53 Å². The standard InChI is InChI=1S/C17H23BrN2O3/c1-12(2)11-15(17(22)20-7-9-23-10-8-20)19-16(21)13-3-5-14(18)6-4-13/h3-6,12,15H,7-11H2,1-2H3,(H,19,21)/t15-/m1/s1. The quantitative estimate of drug-likeness (QED) is 0.850. The number of hydrogen-bond donors (Lipinski definition) is 1. The Kier molecular flexibility index (Phi) is 6.59. The zero-order valence-corrected chi connectivity index (χ0v) is 15.1.